The van der Waals surface area contributed by atoms with Gasteiger partial charge in [-0.15, -0.1) is 10.2 Å². The lowest BCUT2D eigenvalue weighted by atomic mass is 9.95. The summed E-state index contributed by atoms with van der Waals surface area (Å²) in [5, 5.41) is 21.1. The number of anilines is 1. The molecular formula is C13H19N3O3S. The van der Waals surface area contributed by atoms with Gasteiger partial charge in [-0.1, -0.05) is 31.6 Å². The predicted molar refractivity (Wildman–Crippen MR) is 75.5 cm³/mol. The van der Waals surface area contributed by atoms with Gasteiger partial charge in [-0.05, 0) is 18.8 Å². The Morgan fingerprint density at radius 1 is 1.35 bits per heavy atom. The summed E-state index contributed by atoms with van der Waals surface area (Å²) in [6.07, 6.45) is 2.81. The van der Waals surface area contributed by atoms with Crippen molar-refractivity contribution in [1.29, 1.82) is 0 Å². The second-order valence-electron chi connectivity index (χ2n) is 5.57. The first kappa shape index (κ1) is 14.9. The Morgan fingerprint density at radius 2 is 2.05 bits per heavy atom. The molecule has 0 radical (unpaired) electrons. The number of amides is 1. The van der Waals surface area contributed by atoms with Crippen LogP contribution in [0.4, 0.5) is 5.13 Å². The highest BCUT2D eigenvalue weighted by Gasteiger charge is 2.38. The summed E-state index contributed by atoms with van der Waals surface area (Å²) in [5.41, 5.74) is 0. The first-order chi connectivity index (χ1) is 9.47. The van der Waals surface area contributed by atoms with Crippen LogP contribution >= 0.6 is 11.3 Å². The Hall–Kier alpha value is -1.50. The fourth-order valence-corrected chi connectivity index (χ4v) is 3.46. The van der Waals surface area contributed by atoms with Gasteiger partial charge in [0.25, 0.3) is 0 Å². The molecule has 2 unspecified atom stereocenters. The number of carbonyl (C=O) groups excluding carboxylic acids is 1. The van der Waals surface area contributed by atoms with E-state index in [-0.39, 0.29) is 5.91 Å². The normalized spacial score (nSPS) is 22.1. The van der Waals surface area contributed by atoms with E-state index in [0.29, 0.717) is 23.9 Å². The molecule has 0 bridgehead atoms. The van der Waals surface area contributed by atoms with Gasteiger partial charge in [0.1, 0.15) is 5.01 Å². The summed E-state index contributed by atoms with van der Waals surface area (Å²) >= 11 is 1.36. The SMILES string of the molecule is CC(C)Cc1nnc(NC(=O)C2CCCC2C(=O)O)s1. The van der Waals surface area contributed by atoms with Crippen molar-refractivity contribution in [2.24, 2.45) is 17.8 Å². The molecule has 1 fully saturated rings. The van der Waals surface area contributed by atoms with Crippen molar-refractivity contribution < 1.29 is 14.7 Å². The molecule has 7 heteroatoms. The number of carboxylic acid groups (broad SMARTS) is 1. The second-order valence-corrected chi connectivity index (χ2v) is 6.63. The zero-order chi connectivity index (χ0) is 14.7. The first-order valence-corrected chi connectivity index (χ1v) is 7.65. The average Bonchev–Trinajstić information content (AvgIpc) is 2.96. The summed E-state index contributed by atoms with van der Waals surface area (Å²) in [6, 6.07) is 0. The molecule has 1 heterocycles. The maximum absolute atomic E-state index is 12.1. The standard InChI is InChI=1S/C13H19N3O3S/c1-7(2)6-10-15-16-13(20-10)14-11(17)8-4-3-5-9(8)12(18)19/h7-9H,3-6H2,1-2H3,(H,18,19)(H,14,16,17). The van der Waals surface area contributed by atoms with E-state index in [1.165, 1.54) is 11.3 Å². The molecule has 1 amide bonds. The van der Waals surface area contributed by atoms with E-state index in [0.717, 1.165) is 17.8 Å². The zero-order valence-electron chi connectivity index (χ0n) is 11.6. The van der Waals surface area contributed by atoms with Crippen molar-refractivity contribution in [3.05, 3.63) is 5.01 Å². The van der Waals surface area contributed by atoms with E-state index in [9.17, 15) is 9.59 Å². The van der Waals surface area contributed by atoms with Crippen LogP contribution in [0.5, 0.6) is 0 Å². The van der Waals surface area contributed by atoms with Crippen LogP contribution in [0.2, 0.25) is 0 Å². The highest BCUT2D eigenvalue weighted by molar-refractivity contribution is 7.15. The topological polar surface area (TPSA) is 92.2 Å². The van der Waals surface area contributed by atoms with Crippen molar-refractivity contribution in [3.63, 3.8) is 0 Å². The Kier molecular flexibility index (Phi) is 4.69. The molecule has 1 aromatic rings. The number of aliphatic carboxylic acids is 1. The van der Waals surface area contributed by atoms with E-state index >= 15 is 0 Å². The number of carboxylic acids is 1. The summed E-state index contributed by atoms with van der Waals surface area (Å²) in [6.45, 7) is 4.19. The quantitative estimate of drug-likeness (QED) is 0.869. The minimum Gasteiger partial charge on any atom is -0.481 e. The zero-order valence-corrected chi connectivity index (χ0v) is 12.4. The number of hydrogen-bond donors (Lipinski definition) is 2. The number of carbonyl (C=O) groups is 2. The summed E-state index contributed by atoms with van der Waals surface area (Å²) < 4.78 is 0. The average molecular weight is 297 g/mol. The molecule has 2 rings (SSSR count). The van der Waals surface area contributed by atoms with E-state index in [4.69, 9.17) is 5.11 Å². The fourth-order valence-electron chi connectivity index (χ4n) is 2.50. The van der Waals surface area contributed by atoms with E-state index in [1.54, 1.807) is 0 Å². The van der Waals surface area contributed by atoms with Crippen LogP contribution in [0.15, 0.2) is 0 Å². The van der Waals surface area contributed by atoms with Gasteiger partial charge < -0.3 is 10.4 Å². The Balaban J connectivity index is 1.97. The monoisotopic (exact) mass is 297 g/mol. The third-order valence-electron chi connectivity index (χ3n) is 3.45. The molecule has 1 aliphatic carbocycles. The molecule has 1 aromatic heterocycles. The lowest BCUT2D eigenvalue weighted by Crippen LogP contribution is -2.29. The van der Waals surface area contributed by atoms with Crippen LogP contribution in [0.3, 0.4) is 0 Å². The van der Waals surface area contributed by atoms with E-state index in [2.05, 4.69) is 29.4 Å². The minimum absolute atomic E-state index is 0.248. The highest BCUT2D eigenvalue weighted by atomic mass is 32.1. The summed E-state index contributed by atoms with van der Waals surface area (Å²) in [4.78, 5) is 23.2. The number of rotatable bonds is 5. The number of nitrogens with one attached hydrogen (secondary N) is 1. The molecule has 0 aromatic carbocycles. The minimum atomic E-state index is -0.889. The van der Waals surface area contributed by atoms with E-state index < -0.39 is 17.8 Å². The largest absolute Gasteiger partial charge is 0.481 e. The number of hydrogen-bond acceptors (Lipinski definition) is 5. The van der Waals surface area contributed by atoms with Crippen LogP contribution in [-0.2, 0) is 16.0 Å². The Morgan fingerprint density at radius 3 is 2.70 bits per heavy atom. The van der Waals surface area contributed by atoms with Gasteiger partial charge in [0.05, 0.1) is 11.8 Å². The molecule has 6 nitrogen and oxygen atoms in total. The molecule has 0 aliphatic heterocycles. The Labute approximate surface area is 121 Å². The van der Waals surface area contributed by atoms with Gasteiger partial charge in [-0.25, -0.2) is 0 Å². The van der Waals surface area contributed by atoms with Crippen LogP contribution in [0.25, 0.3) is 0 Å². The van der Waals surface area contributed by atoms with Crippen molar-refractivity contribution in [1.82, 2.24) is 10.2 Å². The van der Waals surface area contributed by atoms with Crippen molar-refractivity contribution in [2.75, 3.05) is 5.32 Å². The van der Waals surface area contributed by atoms with Gasteiger partial charge in [0.15, 0.2) is 0 Å². The van der Waals surface area contributed by atoms with E-state index in [1.807, 2.05) is 0 Å². The molecule has 0 spiro atoms. The van der Waals surface area contributed by atoms with Gasteiger partial charge >= 0.3 is 5.97 Å². The van der Waals surface area contributed by atoms with Crippen molar-refractivity contribution in [3.8, 4) is 0 Å². The molecule has 1 aliphatic rings. The van der Waals surface area contributed by atoms with Crippen LogP contribution in [0.1, 0.15) is 38.1 Å². The lowest BCUT2D eigenvalue weighted by molar-refractivity contribution is -0.145. The second kappa shape index (κ2) is 6.30. The molecule has 2 atom stereocenters. The van der Waals surface area contributed by atoms with Crippen LogP contribution < -0.4 is 5.32 Å². The number of nitrogens with zero attached hydrogens (tertiary/aromatic N) is 2. The van der Waals surface area contributed by atoms with Crippen LogP contribution in [-0.4, -0.2) is 27.2 Å². The van der Waals surface area contributed by atoms with Crippen molar-refractivity contribution in [2.45, 2.75) is 39.5 Å². The highest BCUT2D eigenvalue weighted by Crippen LogP contribution is 2.33. The third-order valence-corrected chi connectivity index (χ3v) is 4.31. The van der Waals surface area contributed by atoms with Gasteiger partial charge in [0.2, 0.25) is 11.0 Å². The first-order valence-electron chi connectivity index (χ1n) is 6.83. The van der Waals surface area contributed by atoms with Gasteiger partial charge in [-0.3, -0.25) is 9.59 Å². The summed E-state index contributed by atoms with van der Waals surface area (Å²) in [5.74, 6) is -1.68. The van der Waals surface area contributed by atoms with Gasteiger partial charge in [-0.2, -0.15) is 0 Å². The fraction of sp³-hybridized carbons (Fsp3) is 0.692. The maximum atomic E-state index is 12.1. The van der Waals surface area contributed by atoms with Crippen LogP contribution in [0, 0.1) is 17.8 Å². The molecule has 0 saturated heterocycles. The molecule has 2 N–H and O–H groups in total. The van der Waals surface area contributed by atoms with Crippen molar-refractivity contribution >= 4 is 28.3 Å². The van der Waals surface area contributed by atoms with Gasteiger partial charge in [0, 0.05) is 6.42 Å². The maximum Gasteiger partial charge on any atom is 0.307 e. The summed E-state index contributed by atoms with van der Waals surface area (Å²) in [7, 11) is 0. The smallest absolute Gasteiger partial charge is 0.307 e. The lowest BCUT2D eigenvalue weighted by Gasteiger charge is -2.13. The third kappa shape index (κ3) is 3.53. The molecule has 110 valence electrons. The molecular weight excluding hydrogens is 278 g/mol. The molecule has 20 heavy (non-hydrogen) atoms. The molecule has 1 saturated carbocycles. The predicted octanol–water partition coefficient (Wildman–Crippen LogP) is 2.18. The Bertz CT molecular complexity index is 501. The number of aromatic nitrogens is 2.